The number of allylic oxidation sites excluding steroid dienone is 20. The minimum Gasteiger partial charge on any atom is -0.462 e. The molecule has 0 saturated carbocycles. The van der Waals surface area contributed by atoms with Crippen LogP contribution in [-0.4, -0.2) is 74.9 Å². The van der Waals surface area contributed by atoms with Crippen LogP contribution in [-0.2, 0) is 32.7 Å². The van der Waals surface area contributed by atoms with Crippen molar-refractivity contribution in [1.29, 1.82) is 0 Å². The van der Waals surface area contributed by atoms with Crippen molar-refractivity contribution in [3.63, 3.8) is 0 Å². The largest absolute Gasteiger partial charge is 0.472 e. The van der Waals surface area contributed by atoms with Crippen molar-refractivity contribution in [2.45, 2.75) is 161 Å². The van der Waals surface area contributed by atoms with Crippen LogP contribution in [0.2, 0.25) is 0 Å². The summed E-state index contributed by atoms with van der Waals surface area (Å²) >= 11 is 0. The Morgan fingerprint density at radius 2 is 0.859 bits per heavy atom. The first-order valence-corrected chi connectivity index (χ1v) is 25.8. The summed E-state index contributed by atoms with van der Waals surface area (Å²) in [4.78, 5) is 35.5. The predicted octanol–water partition coefficient (Wildman–Crippen LogP) is 14.5. The third-order valence-electron chi connectivity index (χ3n) is 9.49. The van der Waals surface area contributed by atoms with Gasteiger partial charge in [0, 0.05) is 12.8 Å². The Morgan fingerprint density at radius 1 is 0.484 bits per heavy atom. The average molecular weight is 911 g/mol. The van der Waals surface area contributed by atoms with Gasteiger partial charge in [-0.1, -0.05) is 167 Å². The number of ether oxygens (including phenoxy) is 2. The summed E-state index contributed by atoms with van der Waals surface area (Å²) in [5.41, 5.74) is 0. The van der Waals surface area contributed by atoms with Crippen LogP contribution in [0.1, 0.15) is 155 Å². The molecule has 0 aliphatic carbocycles. The highest BCUT2D eigenvalue weighted by Gasteiger charge is 2.27. The second kappa shape index (κ2) is 44.6. The van der Waals surface area contributed by atoms with E-state index in [-0.39, 0.29) is 26.1 Å². The summed E-state index contributed by atoms with van der Waals surface area (Å²) in [6.07, 6.45) is 62.6. The lowest BCUT2D eigenvalue weighted by Crippen LogP contribution is -2.37. The lowest BCUT2D eigenvalue weighted by molar-refractivity contribution is -0.870. The molecular weight excluding hydrogens is 822 g/mol. The maximum Gasteiger partial charge on any atom is 0.472 e. The van der Waals surface area contributed by atoms with Crippen molar-refractivity contribution in [3.05, 3.63) is 122 Å². The molecule has 64 heavy (non-hydrogen) atoms. The molecular formula is C54H89NO8P+. The number of phosphoric acid groups is 1. The molecule has 0 aliphatic rings. The summed E-state index contributed by atoms with van der Waals surface area (Å²) < 4.78 is 34.3. The summed E-state index contributed by atoms with van der Waals surface area (Å²) in [6.45, 7) is 4.09. The molecule has 2 atom stereocenters. The molecule has 362 valence electrons. The van der Waals surface area contributed by atoms with E-state index >= 15 is 0 Å². The molecule has 0 aromatic heterocycles. The first kappa shape index (κ1) is 60.4. The van der Waals surface area contributed by atoms with Crippen molar-refractivity contribution in [2.75, 3.05) is 47.5 Å². The first-order valence-electron chi connectivity index (χ1n) is 24.3. The molecule has 2 unspecified atom stereocenters. The molecule has 0 aromatic carbocycles. The second-order valence-corrected chi connectivity index (χ2v) is 18.2. The fraction of sp³-hybridized carbons (Fsp3) is 0.593. The van der Waals surface area contributed by atoms with Gasteiger partial charge in [0.15, 0.2) is 6.10 Å². The normalized spacial score (nSPS) is 14.5. The SMILES string of the molecule is CC/C=C\C/C=C\C/C=C\C/C=C\C/C=C\CCCCCCCCCC(=O)OC(COC(=O)CCC/C=C\C/C=C\C/C=C\C/C=C\C/C=C\CC)COP(=O)(O)OCC[N+](C)(C)C. The third kappa shape index (κ3) is 47.9. The Morgan fingerprint density at radius 3 is 1.30 bits per heavy atom. The van der Waals surface area contributed by atoms with Crippen LogP contribution < -0.4 is 0 Å². The van der Waals surface area contributed by atoms with Gasteiger partial charge in [-0.15, -0.1) is 0 Å². The molecule has 0 radical (unpaired) electrons. The van der Waals surface area contributed by atoms with Crippen molar-refractivity contribution in [2.24, 2.45) is 0 Å². The Balaban J connectivity index is 4.42. The van der Waals surface area contributed by atoms with Gasteiger partial charge in [0.2, 0.25) is 0 Å². The van der Waals surface area contributed by atoms with Crippen LogP contribution in [0.5, 0.6) is 0 Å². The van der Waals surface area contributed by atoms with Crippen LogP contribution in [0.25, 0.3) is 0 Å². The minimum atomic E-state index is -4.41. The molecule has 9 nitrogen and oxygen atoms in total. The number of nitrogens with zero attached hydrogens (tertiary/aromatic N) is 1. The molecule has 0 fully saturated rings. The van der Waals surface area contributed by atoms with Crippen LogP contribution >= 0.6 is 7.82 Å². The third-order valence-corrected chi connectivity index (χ3v) is 10.5. The Hall–Kier alpha value is -3.59. The number of carbonyl (C=O) groups is 2. The topological polar surface area (TPSA) is 108 Å². The van der Waals surface area contributed by atoms with Gasteiger partial charge in [-0.25, -0.2) is 4.57 Å². The molecule has 1 N–H and O–H groups in total. The Kier molecular flexibility index (Phi) is 42.1. The number of hydrogen-bond acceptors (Lipinski definition) is 7. The van der Waals surface area contributed by atoms with E-state index in [0.29, 0.717) is 23.9 Å². The standard InChI is InChI=1S/C54H88NO8P/c1-6-8-10-12-14-16-18-20-22-24-25-26-27-28-29-31-33-35-37-39-41-43-45-47-54(57)63-52(51-62-64(58,59)61-49-48-55(3,4)5)50-60-53(56)46-44-42-40-38-36-34-32-30-23-21-19-17-15-13-11-9-7-2/h8-11,14-17,20-23,25-26,28-29,32,34,38,40,52H,6-7,12-13,18-19,24,27,30-31,33,35-37,39,41-51H2,1-5H3/p+1/b10-8-,11-9-,16-14-,17-15-,22-20-,23-21-,26-25-,29-28-,34-32-,40-38-. The zero-order valence-electron chi connectivity index (χ0n) is 40.7. The zero-order valence-corrected chi connectivity index (χ0v) is 41.6. The van der Waals surface area contributed by atoms with Gasteiger partial charge in [-0.2, -0.15) is 0 Å². The highest BCUT2D eigenvalue weighted by Crippen LogP contribution is 2.43. The summed E-state index contributed by atoms with van der Waals surface area (Å²) in [5.74, 6) is -0.892. The van der Waals surface area contributed by atoms with Crippen LogP contribution in [0.3, 0.4) is 0 Å². The molecule has 0 aromatic rings. The van der Waals surface area contributed by atoms with Crippen molar-refractivity contribution < 1.29 is 42.1 Å². The van der Waals surface area contributed by atoms with Gasteiger partial charge in [-0.3, -0.25) is 18.6 Å². The summed E-state index contributed by atoms with van der Waals surface area (Å²) in [7, 11) is 1.41. The molecule has 0 aliphatic heterocycles. The number of carbonyl (C=O) groups excluding carboxylic acids is 2. The summed E-state index contributed by atoms with van der Waals surface area (Å²) in [5, 5.41) is 0. The predicted molar refractivity (Wildman–Crippen MR) is 270 cm³/mol. The minimum absolute atomic E-state index is 0.0128. The van der Waals surface area contributed by atoms with Crippen molar-refractivity contribution in [1.82, 2.24) is 0 Å². The number of quaternary nitrogens is 1. The Labute approximate surface area is 390 Å². The van der Waals surface area contributed by atoms with E-state index in [1.807, 2.05) is 21.1 Å². The van der Waals surface area contributed by atoms with Crippen LogP contribution in [0, 0.1) is 0 Å². The van der Waals surface area contributed by atoms with Crippen LogP contribution in [0.4, 0.5) is 0 Å². The smallest absolute Gasteiger partial charge is 0.462 e. The van der Waals surface area contributed by atoms with Gasteiger partial charge < -0.3 is 18.9 Å². The summed E-state index contributed by atoms with van der Waals surface area (Å²) in [6, 6.07) is 0. The molecule has 0 amide bonds. The second-order valence-electron chi connectivity index (χ2n) is 16.7. The van der Waals surface area contributed by atoms with Crippen molar-refractivity contribution in [3.8, 4) is 0 Å². The average Bonchev–Trinajstić information content (AvgIpc) is 3.25. The fourth-order valence-electron chi connectivity index (χ4n) is 5.78. The van der Waals surface area contributed by atoms with Gasteiger partial charge in [0.05, 0.1) is 27.7 Å². The van der Waals surface area contributed by atoms with Gasteiger partial charge in [-0.05, 0) is 96.3 Å². The Bertz CT molecular complexity index is 1490. The molecule has 0 heterocycles. The van der Waals surface area contributed by atoms with E-state index < -0.39 is 32.5 Å². The molecule has 0 spiro atoms. The molecule has 10 heteroatoms. The molecule has 0 rings (SSSR count). The molecule has 0 saturated heterocycles. The zero-order chi connectivity index (χ0) is 47.1. The van der Waals surface area contributed by atoms with E-state index in [1.165, 1.54) is 19.3 Å². The number of hydrogen-bond donors (Lipinski definition) is 1. The maximum absolute atomic E-state index is 12.7. The van der Waals surface area contributed by atoms with Crippen molar-refractivity contribution >= 4 is 19.8 Å². The highest BCUT2D eigenvalue weighted by atomic mass is 31.2. The van der Waals surface area contributed by atoms with Gasteiger partial charge in [0.25, 0.3) is 0 Å². The van der Waals surface area contributed by atoms with Gasteiger partial charge in [0.1, 0.15) is 19.8 Å². The monoisotopic (exact) mass is 911 g/mol. The first-order chi connectivity index (χ1) is 31.0. The van der Waals surface area contributed by atoms with E-state index in [4.69, 9.17) is 18.5 Å². The number of rotatable bonds is 42. The lowest BCUT2D eigenvalue weighted by Gasteiger charge is -2.24. The number of esters is 2. The maximum atomic E-state index is 12.7. The van der Waals surface area contributed by atoms with E-state index in [9.17, 15) is 19.0 Å². The van der Waals surface area contributed by atoms with E-state index in [2.05, 4.69) is 135 Å². The van der Waals surface area contributed by atoms with Crippen LogP contribution in [0.15, 0.2) is 122 Å². The fourth-order valence-corrected chi connectivity index (χ4v) is 6.52. The quantitative estimate of drug-likeness (QED) is 0.0212. The molecule has 0 bridgehead atoms. The highest BCUT2D eigenvalue weighted by molar-refractivity contribution is 7.47. The van der Waals surface area contributed by atoms with E-state index in [1.54, 1.807) is 0 Å². The number of phosphoric ester groups is 1. The van der Waals surface area contributed by atoms with Gasteiger partial charge >= 0.3 is 19.8 Å². The number of unbranched alkanes of at least 4 members (excludes halogenated alkanes) is 8. The lowest BCUT2D eigenvalue weighted by atomic mass is 10.1. The number of likely N-dealkylation sites (N-methyl/N-ethyl adjacent to an activating group) is 1. The van der Waals surface area contributed by atoms with E-state index in [0.717, 1.165) is 96.3 Å².